The molecule has 1 aliphatic heterocycles. The first-order valence-electron chi connectivity index (χ1n) is 7.00. The van der Waals surface area contributed by atoms with Gasteiger partial charge in [-0.15, -0.1) is 0 Å². The number of hydrogen-bond acceptors (Lipinski definition) is 4. The highest BCUT2D eigenvalue weighted by Crippen LogP contribution is 2.14. The van der Waals surface area contributed by atoms with Gasteiger partial charge in [-0.3, -0.25) is 4.79 Å². The van der Waals surface area contributed by atoms with Crippen LogP contribution >= 0.6 is 0 Å². The van der Waals surface area contributed by atoms with Gasteiger partial charge >= 0.3 is 0 Å². The second kappa shape index (κ2) is 6.30. The fraction of sp³-hybridized carbons (Fsp3) is 0.714. The van der Waals surface area contributed by atoms with Gasteiger partial charge in [-0.25, -0.2) is 4.98 Å². The zero-order valence-electron chi connectivity index (χ0n) is 12.0. The average Bonchev–Trinajstić information content (AvgIpc) is 2.36. The van der Waals surface area contributed by atoms with E-state index < -0.39 is 0 Å². The number of hydrogen-bond donors (Lipinski definition) is 2. The minimum absolute atomic E-state index is 0.0117. The molecule has 0 radical (unpaired) electrons. The number of aromatic nitrogens is 2. The Bertz CT molecular complexity index is 478. The SMILES string of the molecule is Cc1nc(C)c(C(C)NCC2CCCCO2)c(=O)[nH]1. The Hall–Kier alpha value is -1.20. The van der Waals surface area contributed by atoms with Gasteiger partial charge in [0.1, 0.15) is 5.82 Å². The Labute approximate surface area is 113 Å². The molecule has 0 spiro atoms. The number of ether oxygens (including phenoxy) is 1. The van der Waals surface area contributed by atoms with Crippen LogP contribution in [-0.2, 0) is 4.74 Å². The number of nitrogens with one attached hydrogen (secondary N) is 2. The minimum atomic E-state index is -0.0467. The number of aryl methyl sites for hydroxylation is 2. The Morgan fingerprint density at radius 1 is 1.47 bits per heavy atom. The fourth-order valence-corrected chi connectivity index (χ4v) is 2.62. The molecule has 0 bridgehead atoms. The lowest BCUT2D eigenvalue weighted by atomic mass is 10.1. The van der Waals surface area contributed by atoms with Gasteiger partial charge in [-0.1, -0.05) is 0 Å². The smallest absolute Gasteiger partial charge is 0.255 e. The lowest BCUT2D eigenvalue weighted by Gasteiger charge is -2.25. The first-order chi connectivity index (χ1) is 9.08. The maximum absolute atomic E-state index is 12.0. The van der Waals surface area contributed by atoms with E-state index in [1.165, 1.54) is 6.42 Å². The molecule has 2 unspecified atom stereocenters. The molecule has 2 heterocycles. The molecule has 1 saturated heterocycles. The van der Waals surface area contributed by atoms with Crippen LogP contribution in [0.1, 0.15) is 49.3 Å². The molecule has 0 aromatic carbocycles. The van der Waals surface area contributed by atoms with Gasteiger partial charge in [0, 0.05) is 24.9 Å². The molecule has 2 atom stereocenters. The third-order valence-electron chi connectivity index (χ3n) is 3.62. The van der Waals surface area contributed by atoms with E-state index in [-0.39, 0.29) is 17.7 Å². The third-order valence-corrected chi connectivity index (χ3v) is 3.62. The zero-order chi connectivity index (χ0) is 13.8. The maximum atomic E-state index is 12.0. The summed E-state index contributed by atoms with van der Waals surface area (Å²) in [5.74, 6) is 0.661. The standard InChI is InChI=1S/C14H23N3O2/c1-9(15-8-12-6-4-5-7-19-12)13-10(2)16-11(3)17-14(13)18/h9,12,15H,4-8H2,1-3H3,(H,16,17,18). The van der Waals surface area contributed by atoms with E-state index in [4.69, 9.17) is 4.74 Å². The summed E-state index contributed by atoms with van der Waals surface area (Å²) in [5.41, 5.74) is 1.47. The number of nitrogens with zero attached hydrogens (tertiary/aromatic N) is 1. The van der Waals surface area contributed by atoms with E-state index in [0.717, 1.165) is 37.3 Å². The molecular weight excluding hydrogens is 242 g/mol. The van der Waals surface area contributed by atoms with Crippen molar-refractivity contribution in [3.05, 3.63) is 27.4 Å². The first kappa shape index (κ1) is 14.2. The van der Waals surface area contributed by atoms with Crippen molar-refractivity contribution in [3.63, 3.8) is 0 Å². The Morgan fingerprint density at radius 3 is 2.89 bits per heavy atom. The van der Waals surface area contributed by atoms with E-state index >= 15 is 0 Å². The molecule has 0 amide bonds. The van der Waals surface area contributed by atoms with E-state index in [1.807, 2.05) is 13.8 Å². The van der Waals surface area contributed by atoms with Crippen LogP contribution in [0.25, 0.3) is 0 Å². The highest BCUT2D eigenvalue weighted by molar-refractivity contribution is 5.19. The van der Waals surface area contributed by atoms with Gasteiger partial charge in [0.15, 0.2) is 0 Å². The van der Waals surface area contributed by atoms with Gasteiger partial charge < -0.3 is 15.0 Å². The molecule has 2 N–H and O–H groups in total. The normalized spacial score (nSPS) is 21.3. The highest BCUT2D eigenvalue weighted by Gasteiger charge is 2.18. The van der Waals surface area contributed by atoms with Crippen LogP contribution in [0.5, 0.6) is 0 Å². The predicted molar refractivity (Wildman–Crippen MR) is 74.3 cm³/mol. The molecule has 106 valence electrons. The molecule has 1 aromatic rings. The van der Waals surface area contributed by atoms with E-state index in [9.17, 15) is 4.79 Å². The van der Waals surface area contributed by atoms with Gasteiger partial charge in [0.25, 0.3) is 5.56 Å². The summed E-state index contributed by atoms with van der Waals surface area (Å²) in [6.45, 7) is 7.32. The van der Waals surface area contributed by atoms with E-state index in [2.05, 4.69) is 15.3 Å². The second-order valence-electron chi connectivity index (χ2n) is 5.27. The summed E-state index contributed by atoms with van der Waals surface area (Å²) >= 11 is 0. The first-order valence-corrected chi connectivity index (χ1v) is 7.00. The largest absolute Gasteiger partial charge is 0.377 e. The van der Waals surface area contributed by atoms with Crippen LogP contribution in [0.15, 0.2) is 4.79 Å². The van der Waals surface area contributed by atoms with Crippen molar-refractivity contribution in [2.24, 2.45) is 0 Å². The third kappa shape index (κ3) is 3.64. The Kier molecular flexibility index (Phi) is 4.71. The quantitative estimate of drug-likeness (QED) is 0.868. The number of aromatic amines is 1. The lowest BCUT2D eigenvalue weighted by molar-refractivity contribution is 0.0156. The monoisotopic (exact) mass is 265 g/mol. The molecule has 19 heavy (non-hydrogen) atoms. The molecule has 1 fully saturated rings. The van der Waals surface area contributed by atoms with E-state index in [1.54, 1.807) is 6.92 Å². The molecule has 5 heteroatoms. The zero-order valence-corrected chi connectivity index (χ0v) is 12.0. The van der Waals surface area contributed by atoms with Crippen molar-refractivity contribution < 1.29 is 4.74 Å². The van der Waals surface area contributed by atoms with Crippen LogP contribution in [0.2, 0.25) is 0 Å². The van der Waals surface area contributed by atoms with Crippen molar-refractivity contribution in [1.82, 2.24) is 15.3 Å². The molecule has 5 nitrogen and oxygen atoms in total. The molecule has 0 saturated carbocycles. The molecule has 0 aliphatic carbocycles. The van der Waals surface area contributed by atoms with Gasteiger partial charge in [0.05, 0.1) is 11.7 Å². The predicted octanol–water partition coefficient (Wildman–Crippen LogP) is 1.61. The second-order valence-corrected chi connectivity index (χ2v) is 5.27. The van der Waals surface area contributed by atoms with Gasteiger partial charge in [0.2, 0.25) is 0 Å². The Morgan fingerprint density at radius 2 is 2.26 bits per heavy atom. The molecule has 1 aliphatic rings. The van der Waals surface area contributed by atoms with Crippen LogP contribution in [-0.4, -0.2) is 29.2 Å². The maximum Gasteiger partial charge on any atom is 0.255 e. The van der Waals surface area contributed by atoms with Crippen molar-refractivity contribution in [2.75, 3.05) is 13.2 Å². The Balaban J connectivity index is 1.99. The summed E-state index contributed by atoms with van der Waals surface area (Å²) in [6, 6.07) is -0.0117. The summed E-state index contributed by atoms with van der Waals surface area (Å²) in [7, 11) is 0. The van der Waals surface area contributed by atoms with E-state index in [0.29, 0.717) is 5.82 Å². The van der Waals surface area contributed by atoms with Crippen molar-refractivity contribution in [2.45, 2.75) is 52.2 Å². The van der Waals surface area contributed by atoms with Crippen molar-refractivity contribution in [3.8, 4) is 0 Å². The molecular formula is C14H23N3O2. The van der Waals surface area contributed by atoms with Crippen LogP contribution < -0.4 is 10.9 Å². The number of rotatable bonds is 4. The summed E-state index contributed by atoms with van der Waals surface area (Å²) in [5, 5.41) is 3.38. The summed E-state index contributed by atoms with van der Waals surface area (Å²) in [4.78, 5) is 19.1. The van der Waals surface area contributed by atoms with Crippen molar-refractivity contribution in [1.29, 1.82) is 0 Å². The van der Waals surface area contributed by atoms with Crippen LogP contribution in [0, 0.1) is 13.8 Å². The topological polar surface area (TPSA) is 67.0 Å². The molecule has 1 aromatic heterocycles. The molecule has 2 rings (SSSR count). The van der Waals surface area contributed by atoms with Gasteiger partial charge in [-0.2, -0.15) is 0 Å². The average molecular weight is 265 g/mol. The van der Waals surface area contributed by atoms with Crippen molar-refractivity contribution >= 4 is 0 Å². The lowest BCUT2D eigenvalue weighted by Crippen LogP contribution is -2.35. The van der Waals surface area contributed by atoms with Crippen LogP contribution in [0.3, 0.4) is 0 Å². The fourth-order valence-electron chi connectivity index (χ4n) is 2.62. The van der Waals surface area contributed by atoms with Crippen LogP contribution in [0.4, 0.5) is 0 Å². The van der Waals surface area contributed by atoms with Gasteiger partial charge in [-0.05, 0) is 40.0 Å². The summed E-state index contributed by atoms with van der Waals surface area (Å²) in [6.07, 6.45) is 3.76. The highest BCUT2D eigenvalue weighted by atomic mass is 16.5. The summed E-state index contributed by atoms with van der Waals surface area (Å²) < 4.78 is 5.68. The minimum Gasteiger partial charge on any atom is -0.377 e. The number of H-pyrrole nitrogens is 1.